The molecule has 6 nitrogen and oxygen atoms in total. The monoisotopic (exact) mass is 422 g/mol. The van der Waals surface area contributed by atoms with E-state index in [-0.39, 0.29) is 6.54 Å². The molecular weight excluding hydrogens is 410 g/mol. The number of imidazole rings is 1. The summed E-state index contributed by atoms with van der Waals surface area (Å²) in [6.07, 6.45) is 3.16. The third-order valence-electron chi connectivity index (χ3n) is 4.62. The number of rotatable bonds is 4. The van der Waals surface area contributed by atoms with E-state index in [1.807, 2.05) is 18.2 Å². The van der Waals surface area contributed by atoms with Crippen LogP contribution in [0.15, 0.2) is 55.0 Å². The minimum absolute atomic E-state index is 0.277. The summed E-state index contributed by atoms with van der Waals surface area (Å²) in [5, 5.41) is 4.39. The van der Waals surface area contributed by atoms with Crippen molar-refractivity contribution in [2.45, 2.75) is 6.54 Å². The molecule has 2 N–H and O–H groups in total. The summed E-state index contributed by atoms with van der Waals surface area (Å²) in [4.78, 5) is 20.2. The summed E-state index contributed by atoms with van der Waals surface area (Å²) in [7, 11) is 0. The maximum Gasteiger partial charge on any atom is 0.225 e. The fourth-order valence-corrected chi connectivity index (χ4v) is 3.50. The molecule has 3 aromatic heterocycles. The van der Waals surface area contributed by atoms with Gasteiger partial charge in [-0.1, -0.05) is 23.7 Å². The molecule has 30 heavy (non-hydrogen) atoms. The number of halogens is 3. The van der Waals surface area contributed by atoms with E-state index in [2.05, 4.69) is 30.2 Å². The number of nitrogens with zero attached hydrogens (tertiary/aromatic N) is 4. The Hall–Kier alpha value is -3.65. The van der Waals surface area contributed by atoms with E-state index in [9.17, 15) is 8.78 Å². The molecule has 0 aliphatic rings. The second-order valence-corrected chi connectivity index (χ2v) is 7.06. The van der Waals surface area contributed by atoms with Crippen molar-refractivity contribution in [3.8, 4) is 11.3 Å². The van der Waals surface area contributed by atoms with E-state index in [4.69, 9.17) is 11.6 Å². The molecule has 3 heterocycles. The lowest BCUT2D eigenvalue weighted by Gasteiger charge is -2.13. The van der Waals surface area contributed by atoms with E-state index < -0.39 is 11.6 Å². The molecule has 0 atom stereocenters. The number of benzene rings is 2. The van der Waals surface area contributed by atoms with Crippen molar-refractivity contribution >= 4 is 39.6 Å². The highest BCUT2D eigenvalue weighted by Crippen LogP contribution is 2.30. The first kappa shape index (κ1) is 18.4. The SMILES string of the molecule is Fc1cc(F)cc(-c2nc3c(Cl)cccc3cc2CNc2ncc3[nH]cnc3n2)c1. The van der Waals surface area contributed by atoms with Crippen LogP contribution in [0.4, 0.5) is 14.7 Å². The molecule has 0 radical (unpaired) electrons. The van der Waals surface area contributed by atoms with E-state index in [1.54, 1.807) is 12.3 Å². The normalized spacial score (nSPS) is 11.3. The first-order chi connectivity index (χ1) is 14.6. The summed E-state index contributed by atoms with van der Waals surface area (Å²) < 4.78 is 27.7. The number of H-pyrrole nitrogens is 1. The molecule has 0 saturated heterocycles. The summed E-state index contributed by atoms with van der Waals surface area (Å²) in [6, 6.07) is 10.6. The molecule has 0 saturated carbocycles. The molecule has 0 bridgehead atoms. The lowest BCUT2D eigenvalue weighted by molar-refractivity contribution is 0.584. The van der Waals surface area contributed by atoms with Crippen LogP contribution in [0.3, 0.4) is 0 Å². The second-order valence-electron chi connectivity index (χ2n) is 6.65. The van der Waals surface area contributed by atoms with Gasteiger partial charge in [0.05, 0.1) is 28.8 Å². The van der Waals surface area contributed by atoms with E-state index in [0.29, 0.717) is 39.0 Å². The average molecular weight is 423 g/mol. The fraction of sp³-hybridized carbons (Fsp3) is 0.0476. The van der Waals surface area contributed by atoms with Crippen LogP contribution >= 0.6 is 11.6 Å². The van der Waals surface area contributed by atoms with Crippen molar-refractivity contribution in [1.82, 2.24) is 24.9 Å². The van der Waals surface area contributed by atoms with Gasteiger partial charge in [0.2, 0.25) is 5.95 Å². The number of aromatic amines is 1. The van der Waals surface area contributed by atoms with E-state index >= 15 is 0 Å². The summed E-state index contributed by atoms with van der Waals surface area (Å²) >= 11 is 6.29. The van der Waals surface area contributed by atoms with Crippen LogP contribution in [0.5, 0.6) is 0 Å². The Balaban J connectivity index is 1.59. The van der Waals surface area contributed by atoms with Gasteiger partial charge in [0.15, 0.2) is 5.65 Å². The number of anilines is 1. The molecule has 5 aromatic rings. The van der Waals surface area contributed by atoms with Gasteiger partial charge in [-0.3, -0.25) is 0 Å². The van der Waals surface area contributed by atoms with Gasteiger partial charge >= 0.3 is 0 Å². The summed E-state index contributed by atoms with van der Waals surface area (Å²) in [5.74, 6) is -0.994. The number of para-hydroxylation sites is 1. The Morgan fingerprint density at radius 2 is 1.83 bits per heavy atom. The minimum Gasteiger partial charge on any atom is -0.350 e. The van der Waals surface area contributed by atoms with Gasteiger partial charge in [-0.2, -0.15) is 4.98 Å². The van der Waals surface area contributed by atoms with Crippen molar-refractivity contribution in [2.75, 3.05) is 5.32 Å². The predicted octanol–water partition coefficient (Wildman–Crippen LogP) is 5.11. The first-order valence-electron chi connectivity index (χ1n) is 9.01. The van der Waals surface area contributed by atoms with Crippen molar-refractivity contribution in [3.05, 3.63) is 77.2 Å². The highest BCUT2D eigenvalue weighted by molar-refractivity contribution is 6.35. The zero-order valence-electron chi connectivity index (χ0n) is 15.3. The third-order valence-corrected chi connectivity index (χ3v) is 4.93. The van der Waals surface area contributed by atoms with Crippen LogP contribution in [0.1, 0.15) is 5.56 Å². The van der Waals surface area contributed by atoms with Crippen LogP contribution in [0, 0.1) is 11.6 Å². The molecule has 0 aliphatic heterocycles. The van der Waals surface area contributed by atoms with Crippen LogP contribution < -0.4 is 5.32 Å². The van der Waals surface area contributed by atoms with Gasteiger partial charge in [-0.05, 0) is 29.8 Å². The van der Waals surface area contributed by atoms with Crippen molar-refractivity contribution < 1.29 is 8.78 Å². The van der Waals surface area contributed by atoms with Crippen molar-refractivity contribution in [3.63, 3.8) is 0 Å². The largest absolute Gasteiger partial charge is 0.350 e. The Kier molecular flexibility index (Phi) is 4.48. The number of hydrogen-bond acceptors (Lipinski definition) is 5. The van der Waals surface area contributed by atoms with Gasteiger partial charge in [-0.15, -0.1) is 0 Å². The lowest BCUT2D eigenvalue weighted by atomic mass is 10.0. The molecule has 0 spiro atoms. The topological polar surface area (TPSA) is 79.4 Å². The smallest absolute Gasteiger partial charge is 0.225 e. The Bertz CT molecular complexity index is 1380. The lowest BCUT2D eigenvalue weighted by Crippen LogP contribution is -2.06. The molecular formula is C21H13ClF2N6. The molecule has 0 fully saturated rings. The van der Waals surface area contributed by atoms with Crippen LogP contribution in [0.25, 0.3) is 33.3 Å². The average Bonchev–Trinajstić information content (AvgIpc) is 3.19. The van der Waals surface area contributed by atoms with Gasteiger partial charge < -0.3 is 10.3 Å². The Labute approximate surface area is 174 Å². The van der Waals surface area contributed by atoms with E-state index in [0.717, 1.165) is 17.0 Å². The van der Waals surface area contributed by atoms with Crippen LogP contribution in [0.2, 0.25) is 5.02 Å². The Morgan fingerprint density at radius 3 is 2.67 bits per heavy atom. The molecule has 0 unspecified atom stereocenters. The molecule has 9 heteroatoms. The third kappa shape index (κ3) is 3.42. The van der Waals surface area contributed by atoms with Crippen LogP contribution in [-0.2, 0) is 6.54 Å². The molecule has 0 amide bonds. The number of fused-ring (bicyclic) bond motifs is 2. The quantitative estimate of drug-likeness (QED) is 0.420. The maximum absolute atomic E-state index is 13.9. The van der Waals surface area contributed by atoms with Gasteiger partial charge in [0.1, 0.15) is 17.2 Å². The second kappa shape index (κ2) is 7.31. The Morgan fingerprint density at radius 1 is 1.00 bits per heavy atom. The van der Waals surface area contributed by atoms with Crippen LogP contribution in [-0.4, -0.2) is 24.9 Å². The molecule has 5 rings (SSSR count). The highest BCUT2D eigenvalue weighted by atomic mass is 35.5. The highest BCUT2D eigenvalue weighted by Gasteiger charge is 2.14. The molecule has 0 aliphatic carbocycles. The molecule has 148 valence electrons. The zero-order valence-corrected chi connectivity index (χ0v) is 16.1. The van der Waals surface area contributed by atoms with E-state index in [1.165, 1.54) is 18.5 Å². The number of pyridine rings is 1. The van der Waals surface area contributed by atoms with Crippen molar-refractivity contribution in [1.29, 1.82) is 0 Å². The summed E-state index contributed by atoms with van der Waals surface area (Å²) in [6.45, 7) is 0.277. The predicted molar refractivity (Wildman–Crippen MR) is 111 cm³/mol. The zero-order chi connectivity index (χ0) is 20.7. The number of aromatic nitrogens is 5. The number of nitrogens with one attached hydrogen (secondary N) is 2. The van der Waals surface area contributed by atoms with Gasteiger partial charge in [0, 0.05) is 23.6 Å². The van der Waals surface area contributed by atoms with Gasteiger partial charge in [-0.25, -0.2) is 23.7 Å². The standard InChI is InChI=1S/C21H13ClF2N6/c22-16-3-1-2-11-4-13(8-25-21-26-9-17-20(30-21)28-10-27-17)18(29-19(11)16)12-5-14(23)7-15(24)6-12/h1-7,9-10H,8H2,(H2,25,26,27,28,30). The van der Waals surface area contributed by atoms with Crippen molar-refractivity contribution in [2.24, 2.45) is 0 Å². The minimum atomic E-state index is -0.683. The molecule has 2 aromatic carbocycles. The first-order valence-corrected chi connectivity index (χ1v) is 9.39. The fourth-order valence-electron chi connectivity index (χ4n) is 3.28. The summed E-state index contributed by atoms with van der Waals surface area (Å²) in [5.41, 5.74) is 3.25. The number of hydrogen-bond donors (Lipinski definition) is 2. The maximum atomic E-state index is 13.9. The van der Waals surface area contributed by atoms with Gasteiger partial charge in [0.25, 0.3) is 0 Å².